The van der Waals surface area contributed by atoms with Crippen LogP contribution in [0.5, 0.6) is 5.75 Å². The fourth-order valence-electron chi connectivity index (χ4n) is 8.28. The fourth-order valence-corrected chi connectivity index (χ4v) is 8.28. The van der Waals surface area contributed by atoms with Gasteiger partial charge in [0.1, 0.15) is 23.2 Å². The Labute approximate surface area is 348 Å². The lowest BCUT2D eigenvalue weighted by molar-refractivity contribution is 0.0410. The Hall–Kier alpha value is -3.85. The molecule has 59 heavy (non-hydrogen) atoms. The van der Waals surface area contributed by atoms with E-state index in [0.29, 0.717) is 32.8 Å². The maximum absolute atomic E-state index is 13.5. The van der Waals surface area contributed by atoms with Crippen molar-refractivity contribution in [3.05, 3.63) is 134 Å². The Morgan fingerprint density at radius 1 is 0.492 bits per heavy atom. The standard InChI is InChI=1S/C13H17NO2.3C11H14FNO.CH4/c1-14-8-11-12-9(4-6-15-11)2-3-10-5-7-16-13(10)12;1-13-7-11-10-3-2-9(12)6-8(10)4-5-14-11;1-13-7-11-9-3-2-4-10(12)8(9)5-6-14-11;1-13-7-10-11-8(5-6-14-10)3-2-4-9(11)12;/h2-3,11,14H,4-8H2,1H3;2-3,6,11,13H,4-5,7H2,1H3;2-4,11,13H,5-7H2,1H3;2-4,10,13H,5-7H2,1H3;1H4. The van der Waals surface area contributed by atoms with Gasteiger partial charge in [-0.15, -0.1) is 0 Å². The number of hydrogen-bond acceptors (Lipinski definition) is 9. The Morgan fingerprint density at radius 2 is 1.00 bits per heavy atom. The predicted molar refractivity (Wildman–Crippen MR) is 227 cm³/mol. The van der Waals surface area contributed by atoms with Gasteiger partial charge in [0.2, 0.25) is 0 Å². The molecule has 12 heteroatoms. The summed E-state index contributed by atoms with van der Waals surface area (Å²) in [6, 6.07) is 19.8. The molecule has 4 N–H and O–H groups in total. The first-order valence-electron chi connectivity index (χ1n) is 20.5. The van der Waals surface area contributed by atoms with E-state index in [0.717, 1.165) is 97.7 Å². The third-order valence-electron chi connectivity index (χ3n) is 11.0. The summed E-state index contributed by atoms with van der Waals surface area (Å²) in [5, 5.41) is 12.3. The Bertz CT molecular complexity index is 1930. The Kier molecular flexibility index (Phi) is 18.2. The molecular formula is C47H63F3N4O5. The summed E-state index contributed by atoms with van der Waals surface area (Å²) in [7, 11) is 7.57. The average Bonchev–Trinajstić information content (AvgIpc) is 3.72. The monoisotopic (exact) mass is 820 g/mol. The number of benzene rings is 4. The van der Waals surface area contributed by atoms with Gasteiger partial charge in [0.05, 0.1) is 57.5 Å². The van der Waals surface area contributed by atoms with E-state index in [9.17, 15) is 13.2 Å². The maximum atomic E-state index is 13.5. The highest BCUT2D eigenvalue weighted by Crippen LogP contribution is 2.40. The van der Waals surface area contributed by atoms with Gasteiger partial charge in [-0.05, 0) is 117 Å². The maximum Gasteiger partial charge on any atom is 0.129 e. The molecule has 0 spiro atoms. The van der Waals surface area contributed by atoms with Gasteiger partial charge >= 0.3 is 0 Å². The van der Waals surface area contributed by atoms with Crippen molar-refractivity contribution in [3.63, 3.8) is 0 Å². The van der Waals surface area contributed by atoms with Crippen LogP contribution in [-0.2, 0) is 51.1 Å². The zero-order valence-electron chi connectivity index (χ0n) is 34.2. The molecule has 0 aliphatic carbocycles. The molecule has 0 saturated carbocycles. The molecular weight excluding hydrogens is 758 g/mol. The highest BCUT2D eigenvalue weighted by Gasteiger charge is 2.29. The average molecular weight is 821 g/mol. The number of hydrogen-bond donors (Lipinski definition) is 4. The quantitative estimate of drug-likeness (QED) is 0.149. The van der Waals surface area contributed by atoms with E-state index in [1.807, 2.05) is 46.4 Å². The van der Waals surface area contributed by atoms with Crippen molar-refractivity contribution < 1.29 is 36.9 Å². The SMILES string of the molecule is C.CNCC1OCCc2c(F)cccc21.CNCC1OCCc2cc(F)ccc21.CNCC1OCCc2ccc3c(c21)OCC3.CNCC1OCCc2cccc(F)c21. The van der Waals surface area contributed by atoms with Crippen LogP contribution in [0.4, 0.5) is 13.2 Å². The van der Waals surface area contributed by atoms with Crippen LogP contribution in [0.3, 0.4) is 0 Å². The number of halogens is 3. The minimum atomic E-state index is -0.158. The van der Waals surface area contributed by atoms with Crippen LogP contribution < -0.4 is 26.0 Å². The lowest BCUT2D eigenvalue weighted by Gasteiger charge is -2.27. The van der Waals surface area contributed by atoms with Crippen molar-refractivity contribution in [2.75, 3.05) is 87.4 Å². The van der Waals surface area contributed by atoms with Gasteiger partial charge in [0.15, 0.2) is 0 Å². The van der Waals surface area contributed by atoms with Gasteiger partial charge in [-0.1, -0.05) is 49.9 Å². The molecule has 5 aliphatic heterocycles. The van der Waals surface area contributed by atoms with Crippen LogP contribution in [-0.4, -0.2) is 87.4 Å². The molecule has 5 heterocycles. The molecule has 0 saturated heterocycles. The van der Waals surface area contributed by atoms with Crippen LogP contribution in [0.25, 0.3) is 0 Å². The second kappa shape index (κ2) is 23.2. The highest BCUT2D eigenvalue weighted by atomic mass is 19.1. The van der Waals surface area contributed by atoms with Crippen molar-refractivity contribution in [2.45, 2.75) is 63.9 Å². The number of nitrogens with one attached hydrogen (secondary N) is 4. The number of fused-ring (bicyclic) bond motifs is 6. The Morgan fingerprint density at radius 3 is 1.68 bits per heavy atom. The van der Waals surface area contributed by atoms with Crippen LogP contribution in [0.1, 0.15) is 81.9 Å². The first-order chi connectivity index (χ1) is 28.4. The van der Waals surface area contributed by atoms with Crippen molar-refractivity contribution in [1.29, 1.82) is 0 Å². The molecule has 5 aliphatic rings. The van der Waals surface area contributed by atoms with Crippen molar-refractivity contribution in [1.82, 2.24) is 21.3 Å². The van der Waals surface area contributed by atoms with E-state index in [1.165, 1.54) is 34.9 Å². The third-order valence-corrected chi connectivity index (χ3v) is 11.0. The summed E-state index contributed by atoms with van der Waals surface area (Å²) in [6.07, 6.45) is 4.44. The molecule has 4 atom stereocenters. The zero-order chi connectivity index (χ0) is 40.9. The van der Waals surface area contributed by atoms with E-state index in [-0.39, 0.29) is 49.3 Å². The zero-order valence-corrected chi connectivity index (χ0v) is 34.2. The highest BCUT2D eigenvalue weighted by molar-refractivity contribution is 5.50. The minimum Gasteiger partial charge on any atom is -0.493 e. The van der Waals surface area contributed by atoms with Crippen LogP contribution in [0.15, 0.2) is 66.7 Å². The summed E-state index contributed by atoms with van der Waals surface area (Å²) >= 11 is 0. The first-order valence-corrected chi connectivity index (χ1v) is 20.5. The summed E-state index contributed by atoms with van der Waals surface area (Å²) in [6.45, 7) is 6.64. The molecule has 0 aromatic heterocycles. The Balaban J connectivity index is 0.000000149. The smallest absolute Gasteiger partial charge is 0.129 e. The predicted octanol–water partition coefficient (Wildman–Crippen LogP) is 7.07. The number of likely N-dealkylation sites (N-methyl/N-ethyl adjacent to an activating group) is 4. The van der Waals surface area contributed by atoms with E-state index >= 15 is 0 Å². The van der Waals surface area contributed by atoms with Crippen molar-refractivity contribution >= 4 is 0 Å². The van der Waals surface area contributed by atoms with Gasteiger partial charge in [-0.2, -0.15) is 0 Å². The van der Waals surface area contributed by atoms with E-state index in [1.54, 1.807) is 18.2 Å². The molecule has 0 radical (unpaired) electrons. The lowest BCUT2D eigenvalue weighted by Crippen LogP contribution is -2.26. The molecule has 9 rings (SSSR count). The van der Waals surface area contributed by atoms with Gasteiger partial charge in [-0.25, -0.2) is 13.2 Å². The van der Waals surface area contributed by atoms with E-state index in [4.69, 9.17) is 23.7 Å². The van der Waals surface area contributed by atoms with Crippen molar-refractivity contribution in [2.24, 2.45) is 0 Å². The topological polar surface area (TPSA) is 94.3 Å². The molecule has 0 bridgehead atoms. The summed E-state index contributed by atoms with van der Waals surface area (Å²) < 4.78 is 68.2. The van der Waals surface area contributed by atoms with Crippen LogP contribution >= 0.6 is 0 Å². The van der Waals surface area contributed by atoms with Gasteiger partial charge in [0, 0.05) is 43.7 Å². The van der Waals surface area contributed by atoms with Crippen LogP contribution in [0.2, 0.25) is 0 Å². The second-order valence-corrected chi connectivity index (χ2v) is 14.9. The molecule has 4 aromatic carbocycles. The number of rotatable bonds is 8. The van der Waals surface area contributed by atoms with Gasteiger partial charge in [-0.3, -0.25) is 0 Å². The van der Waals surface area contributed by atoms with E-state index < -0.39 is 0 Å². The molecule has 4 unspecified atom stereocenters. The van der Waals surface area contributed by atoms with Gasteiger partial charge < -0.3 is 45.0 Å². The van der Waals surface area contributed by atoms with Gasteiger partial charge in [0.25, 0.3) is 0 Å². The summed E-state index contributed by atoms with van der Waals surface area (Å²) in [4.78, 5) is 0. The molecule has 0 amide bonds. The molecule has 9 nitrogen and oxygen atoms in total. The third kappa shape index (κ3) is 11.7. The molecule has 322 valence electrons. The van der Waals surface area contributed by atoms with E-state index in [2.05, 4.69) is 33.4 Å². The second-order valence-electron chi connectivity index (χ2n) is 14.9. The summed E-state index contributed by atoms with van der Waals surface area (Å²) in [5.41, 5.74) is 9.84. The largest absolute Gasteiger partial charge is 0.493 e. The first kappa shape index (κ1) is 46.2. The molecule has 4 aromatic rings. The fraction of sp³-hybridized carbons (Fsp3) is 0.489. The number of ether oxygens (including phenoxy) is 5. The van der Waals surface area contributed by atoms with Crippen LogP contribution in [0, 0.1) is 17.5 Å². The molecule has 0 fully saturated rings. The summed E-state index contributed by atoms with van der Waals surface area (Å²) in [5.74, 6) is 0.681. The normalized spacial score (nSPS) is 20.7. The lowest BCUT2D eigenvalue weighted by atomic mass is 9.93. The minimum absolute atomic E-state index is 0. The van der Waals surface area contributed by atoms with Crippen molar-refractivity contribution in [3.8, 4) is 5.75 Å².